The van der Waals surface area contributed by atoms with Crippen LogP contribution >= 0.6 is 0 Å². The summed E-state index contributed by atoms with van der Waals surface area (Å²) in [6.45, 7) is 0. The molecule has 9 aromatic rings. The molecule has 0 saturated heterocycles. The summed E-state index contributed by atoms with van der Waals surface area (Å²) in [6, 6.07) is 59.6. The molecule has 9 rings (SSSR count). The maximum absolute atomic E-state index is 5.50. The predicted molar refractivity (Wildman–Crippen MR) is 187 cm³/mol. The molecule has 0 aliphatic rings. The molecule has 0 unspecified atom stereocenters. The number of benzene rings is 6. The normalized spacial score (nSPS) is 11.2. The molecule has 224 valence electrons. The molecule has 3 heterocycles. The molecule has 6 aromatic carbocycles. The van der Waals surface area contributed by atoms with Gasteiger partial charge in [-0.15, -0.1) is 12.1 Å². The number of hydrogen-bond acceptors (Lipinski definition) is 2. The van der Waals surface area contributed by atoms with E-state index in [-0.39, 0.29) is 21.1 Å². The van der Waals surface area contributed by atoms with Gasteiger partial charge in [-0.2, -0.15) is 36.4 Å². The Labute approximate surface area is 286 Å². The number of fused-ring (bicyclic) bond motifs is 4. The van der Waals surface area contributed by atoms with Gasteiger partial charge in [0.1, 0.15) is 5.52 Å². The largest absolute Gasteiger partial charge is 2.00 e. The van der Waals surface area contributed by atoms with Crippen LogP contribution in [-0.4, -0.2) is 19.1 Å². The summed E-state index contributed by atoms with van der Waals surface area (Å²) >= 11 is 0. The second-order valence-corrected chi connectivity index (χ2v) is 11.3. The molecule has 3 aromatic heterocycles. The molecule has 4 nitrogen and oxygen atoms in total. The monoisotopic (exact) mass is 781 g/mol. The van der Waals surface area contributed by atoms with Crippen molar-refractivity contribution >= 4 is 32.8 Å². The summed E-state index contributed by atoms with van der Waals surface area (Å²) in [5, 5.41) is 2.27. The Balaban J connectivity index is 0.00000324. The van der Waals surface area contributed by atoms with Gasteiger partial charge in [0, 0.05) is 22.8 Å². The van der Waals surface area contributed by atoms with Gasteiger partial charge >= 0.3 is 21.1 Å². The van der Waals surface area contributed by atoms with E-state index in [9.17, 15) is 0 Å². The van der Waals surface area contributed by atoms with Crippen LogP contribution in [-0.2, 0) is 21.1 Å². The Morgan fingerprint density at radius 2 is 1.30 bits per heavy atom. The first-order valence-corrected chi connectivity index (χ1v) is 15.4. The van der Waals surface area contributed by atoms with E-state index in [1.54, 1.807) is 0 Å². The van der Waals surface area contributed by atoms with E-state index >= 15 is 0 Å². The molecule has 0 spiro atoms. The van der Waals surface area contributed by atoms with Gasteiger partial charge in [-0.25, -0.2) is 16.1 Å². The van der Waals surface area contributed by atoms with Crippen molar-refractivity contribution in [1.82, 2.24) is 19.1 Å². The van der Waals surface area contributed by atoms with Crippen molar-refractivity contribution in [2.45, 2.75) is 0 Å². The number of para-hydroxylation sites is 3. The van der Waals surface area contributed by atoms with Crippen molar-refractivity contribution in [3.05, 3.63) is 170 Å². The number of aromatic nitrogens is 4. The molecular formula is C42H26N4Pt. The molecule has 0 N–H and O–H groups in total. The molecule has 47 heavy (non-hydrogen) atoms. The minimum absolute atomic E-state index is 0. The fourth-order valence-electron chi connectivity index (χ4n) is 6.55. The smallest absolute Gasteiger partial charge is 0.299 e. The van der Waals surface area contributed by atoms with E-state index in [1.165, 1.54) is 0 Å². The standard InChI is InChI=1S/C42H26N4.Pt/c1-3-14-29(15-4-1)31-25-26-34-33-19-8-10-23-38(33)46(40(34)28-31)42-44-41-35(36-21-11-12-27-43-36)20-13-24-39(41)45(42)37-22-9-7-18-32(37)30-16-5-2-6-17-30;/h1-14,16-27H;/q-2;+2. The Morgan fingerprint density at radius 3 is 2.15 bits per heavy atom. The number of imidazole rings is 1. The summed E-state index contributed by atoms with van der Waals surface area (Å²) in [5.74, 6) is 0.790. The summed E-state index contributed by atoms with van der Waals surface area (Å²) in [6.07, 6.45) is 1.83. The third-order valence-corrected chi connectivity index (χ3v) is 8.62. The Morgan fingerprint density at radius 1 is 0.532 bits per heavy atom. The van der Waals surface area contributed by atoms with Crippen molar-refractivity contribution in [3.63, 3.8) is 0 Å². The van der Waals surface area contributed by atoms with E-state index in [2.05, 4.69) is 137 Å². The van der Waals surface area contributed by atoms with Crippen LogP contribution in [0.2, 0.25) is 0 Å². The van der Waals surface area contributed by atoms with Crippen molar-refractivity contribution in [1.29, 1.82) is 0 Å². The molecule has 0 atom stereocenters. The van der Waals surface area contributed by atoms with Gasteiger partial charge in [0.05, 0.1) is 16.9 Å². The SMILES string of the molecule is [Pt+2].[c-]1ccccc1-c1[c-]c2c(cc1)c1ccccc1n2-c1nc2c(-c3ccccn3)cccc2n1-c1ccccc1-c1ccccc1. The van der Waals surface area contributed by atoms with Crippen molar-refractivity contribution in [2.75, 3.05) is 0 Å². The van der Waals surface area contributed by atoms with Crippen LogP contribution in [0.15, 0.2) is 158 Å². The number of pyridine rings is 1. The van der Waals surface area contributed by atoms with Gasteiger partial charge < -0.3 is 0 Å². The predicted octanol–water partition coefficient (Wildman–Crippen LogP) is 10.1. The second kappa shape index (κ2) is 12.0. The van der Waals surface area contributed by atoms with Crippen LogP contribution in [0.25, 0.3) is 78.0 Å². The van der Waals surface area contributed by atoms with Gasteiger partial charge in [-0.05, 0) is 46.8 Å². The molecule has 0 fully saturated rings. The number of rotatable bonds is 5. The molecule has 0 amide bonds. The second-order valence-electron chi connectivity index (χ2n) is 11.3. The van der Waals surface area contributed by atoms with Gasteiger partial charge in [0.25, 0.3) is 0 Å². The summed E-state index contributed by atoms with van der Waals surface area (Å²) < 4.78 is 4.56. The average molecular weight is 782 g/mol. The number of hydrogen-bond donors (Lipinski definition) is 0. The molecule has 0 radical (unpaired) electrons. The molecule has 0 aliphatic heterocycles. The van der Waals surface area contributed by atoms with Crippen LogP contribution < -0.4 is 0 Å². The maximum atomic E-state index is 5.50. The van der Waals surface area contributed by atoms with Gasteiger partial charge in [-0.1, -0.05) is 90.3 Å². The van der Waals surface area contributed by atoms with Gasteiger partial charge in [-0.3, -0.25) is 14.1 Å². The van der Waals surface area contributed by atoms with Crippen LogP contribution in [0.4, 0.5) is 0 Å². The summed E-state index contributed by atoms with van der Waals surface area (Å²) in [4.78, 5) is 10.2. The van der Waals surface area contributed by atoms with E-state index in [1.807, 2.05) is 42.6 Å². The molecule has 5 heteroatoms. The Hall–Kier alpha value is -5.57. The third-order valence-electron chi connectivity index (χ3n) is 8.62. The first kappa shape index (κ1) is 28.9. The van der Waals surface area contributed by atoms with Gasteiger partial charge in [0.15, 0.2) is 0 Å². The minimum atomic E-state index is 0. The Bertz CT molecular complexity index is 2520. The zero-order valence-electron chi connectivity index (χ0n) is 25.1. The summed E-state index contributed by atoms with van der Waals surface area (Å²) in [7, 11) is 0. The zero-order chi connectivity index (χ0) is 30.5. The third kappa shape index (κ3) is 4.81. The Kier molecular flexibility index (Phi) is 7.36. The van der Waals surface area contributed by atoms with Crippen LogP contribution in [0.1, 0.15) is 0 Å². The molecule has 0 bridgehead atoms. The first-order chi connectivity index (χ1) is 22.8. The molecule has 0 aliphatic carbocycles. The van der Waals surface area contributed by atoms with E-state index in [0.717, 1.165) is 78.0 Å². The van der Waals surface area contributed by atoms with Crippen molar-refractivity contribution in [2.24, 2.45) is 0 Å². The van der Waals surface area contributed by atoms with Crippen LogP contribution in [0, 0.1) is 12.1 Å². The maximum Gasteiger partial charge on any atom is 2.00 e. The molecular weight excluding hydrogens is 756 g/mol. The fraction of sp³-hybridized carbons (Fsp3) is 0. The van der Waals surface area contributed by atoms with E-state index < -0.39 is 0 Å². The number of nitrogens with zero attached hydrogens (tertiary/aromatic N) is 4. The minimum Gasteiger partial charge on any atom is -0.299 e. The average Bonchev–Trinajstić information content (AvgIpc) is 3.68. The first-order valence-electron chi connectivity index (χ1n) is 15.4. The van der Waals surface area contributed by atoms with E-state index in [4.69, 9.17) is 9.97 Å². The topological polar surface area (TPSA) is 35.6 Å². The van der Waals surface area contributed by atoms with Crippen LogP contribution in [0.3, 0.4) is 0 Å². The summed E-state index contributed by atoms with van der Waals surface area (Å²) in [5.41, 5.74) is 11.1. The van der Waals surface area contributed by atoms with Crippen LogP contribution in [0.5, 0.6) is 0 Å². The zero-order valence-corrected chi connectivity index (χ0v) is 27.4. The van der Waals surface area contributed by atoms with E-state index in [0.29, 0.717) is 0 Å². The quantitative estimate of drug-likeness (QED) is 0.163. The van der Waals surface area contributed by atoms with Gasteiger partial charge in [0.2, 0.25) is 5.95 Å². The van der Waals surface area contributed by atoms with Crippen molar-refractivity contribution in [3.8, 4) is 45.1 Å². The fourth-order valence-corrected chi connectivity index (χ4v) is 6.55. The van der Waals surface area contributed by atoms with Crippen molar-refractivity contribution < 1.29 is 21.1 Å². The molecule has 0 saturated carbocycles.